The van der Waals surface area contributed by atoms with Crippen LogP contribution in [0.15, 0.2) is 12.7 Å². The van der Waals surface area contributed by atoms with E-state index in [1.807, 2.05) is 0 Å². The minimum Gasteiger partial charge on any atom is -0.394 e. The Morgan fingerprint density at radius 3 is 2.85 bits per heavy atom. The molecule has 9 heteroatoms. The standard InChI is InChI=1S/C11H15N5O4/c1-11(19)7(18)5(2-17)20-10(11)16-4-15-6-8(12)13-3-14-9(6)16/h3-5,7,10,17-19H,2H2,1H3,(H2,12,13,14)/t5-,7-,10+,11-/m1/s1. The van der Waals surface area contributed by atoms with Gasteiger partial charge in [0.2, 0.25) is 0 Å². The van der Waals surface area contributed by atoms with Gasteiger partial charge in [0.25, 0.3) is 0 Å². The second kappa shape index (κ2) is 4.35. The van der Waals surface area contributed by atoms with E-state index in [1.54, 1.807) is 0 Å². The Bertz CT molecular complexity index is 643. The molecule has 0 spiro atoms. The van der Waals surface area contributed by atoms with Crippen LogP contribution in [-0.4, -0.2) is 59.3 Å². The molecule has 0 amide bonds. The second-order valence-corrected chi connectivity index (χ2v) is 4.96. The Morgan fingerprint density at radius 2 is 2.20 bits per heavy atom. The lowest BCUT2D eigenvalue weighted by atomic mass is 9.96. The fourth-order valence-electron chi connectivity index (χ4n) is 2.43. The van der Waals surface area contributed by atoms with Crippen LogP contribution in [0.5, 0.6) is 0 Å². The van der Waals surface area contributed by atoms with Gasteiger partial charge in [0.15, 0.2) is 17.7 Å². The number of anilines is 1. The van der Waals surface area contributed by atoms with Gasteiger partial charge in [-0.25, -0.2) is 15.0 Å². The SMILES string of the molecule is C[C@@]1(O)[C@H](O)[C@@H](CO)O[C@@H]1n1cnc2c(N)ncnc21. The fourth-order valence-corrected chi connectivity index (χ4v) is 2.43. The lowest BCUT2D eigenvalue weighted by Gasteiger charge is -2.27. The van der Waals surface area contributed by atoms with Crippen molar-refractivity contribution >= 4 is 17.0 Å². The quantitative estimate of drug-likeness (QED) is 0.516. The molecular weight excluding hydrogens is 266 g/mol. The van der Waals surface area contributed by atoms with Crippen molar-refractivity contribution < 1.29 is 20.1 Å². The Labute approximate surface area is 113 Å². The number of aliphatic hydroxyl groups excluding tert-OH is 2. The molecule has 1 fully saturated rings. The first-order chi connectivity index (χ1) is 9.46. The summed E-state index contributed by atoms with van der Waals surface area (Å²) in [6, 6.07) is 0. The van der Waals surface area contributed by atoms with Crippen LogP contribution in [0.1, 0.15) is 13.2 Å². The van der Waals surface area contributed by atoms with Gasteiger partial charge in [-0.05, 0) is 6.92 Å². The molecule has 0 aromatic carbocycles. The summed E-state index contributed by atoms with van der Waals surface area (Å²) < 4.78 is 6.97. The molecule has 1 aliphatic rings. The molecule has 1 aliphatic heterocycles. The molecule has 0 bridgehead atoms. The number of aliphatic hydroxyl groups is 3. The summed E-state index contributed by atoms with van der Waals surface area (Å²) in [7, 11) is 0. The molecule has 108 valence electrons. The largest absolute Gasteiger partial charge is 0.394 e. The highest BCUT2D eigenvalue weighted by molar-refractivity contribution is 5.81. The Balaban J connectivity index is 2.10. The molecule has 1 saturated heterocycles. The fraction of sp³-hybridized carbons (Fsp3) is 0.545. The lowest BCUT2D eigenvalue weighted by Crippen LogP contribution is -2.44. The molecular formula is C11H15N5O4. The van der Waals surface area contributed by atoms with Gasteiger partial charge in [-0.2, -0.15) is 0 Å². The molecule has 0 saturated carbocycles. The van der Waals surface area contributed by atoms with E-state index >= 15 is 0 Å². The first-order valence-corrected chi connectivity index (χ1v) is 6.06. The number of rotatable bonds is 2. The molecule has 3 heterocycles. The molecule has 0 aliphatic carbocycles. The number of fused-ring (bicyclic) bond motifs is 1. The van der Waals surface area contributed by atoms with Gasteiger partial charge in [-0.3, -0.25) is 4.57 Å². The van der Waals surface area contributed by atoms with Crippen LogP contribution in [0.25, 0.3) is 11.2 Å². The van der Waals surface area contributed by atoms with Crippen molar-refractivity contribution in [2.75, 3.05) is 12.3 Å². The van der Waals surface area contributed by atoms with Crippen molar-refractivity contribution in [1.29, 1.82) is 0 Å². The summed E-state index contributed by atoms with van der Waals surface area (Å²) in [5.41, 5.74) is 4.87. The average molecular weight is 281 g/mol. The zero-order chi connectivity index (χ0) is 14.5. The van der Waals surface area contributed by atoms with Crippen molar-refractivity contribution in [1.82, 2.24) is 19.5 Å². The summed E-state index contributed by atoms with van der Waals surface area (Å²) in [5, 5.41) is 29.6. The number of aromatic nitrogens is 4. The smallest absolute Gasteiger partial charge is 0.168 e. The predicted molar refractivity (Wildman–Crippen MR) is 67.4 cm³/mol. The Morgan fingerprint density at radius 1 is 1.45 bits per heavy atom. The second-order valence-electron chi connectivity index (χ2n) is 4.96. The first-order valence-electron chi connectivity index (χ1n) is 6.06. The summed E-state index contributed by atoms with van der Waals surface area (Å²) in [6.07, 6.45) is -0.365. The summed E-state index contributed by atoms with van der Waals surface area (Å²) >= 11 is 0. The maximum absolute atomic E-state index is 10.4. The third-order valence-electron chi connectivity index (χ3n) is 3.57. The third-order valence-corrected chi connectivity index (χ3v) is 3.57. The van der Waals surface area contributed by atoms with Gasteiger partial charge in [0.05, 0.1) is 12.9 Å². The number of imidazole rings is 1. The predicted octanol–water partition coefficient (Wildman–Crippen LogP) is -1.59. The van der Waals surface area contributed by atoms with E-state index in [1.165, 1.54) is 24.1 Å². The highest BCUT2D eigenvalue weighted by atomic mass is 16.6. The molecule has 0 unspecified atom stereocenters. The number of hydrogen-bond acceptors (Lipinski definition) is 8. The summed E-state index contributed by atoms with van der Waals surface area (Å²) in [5.74, 6) is 0.214. The van der Waals surface area contributed by atoms with E-state index in [0.717, 1.165) is 0 Å². The monoisotopic (exact) mass is 281 g/mol. The van der Waals surface area contributed by atoms with Gasteiger partial charge in [-0.1, -0.05) is 0 Å². The highest BCUT2D eigenvalue weighted by Crippen LogP contribution is 2.39. The molecule has 2 aromatic heterocycles. The van der Waals surface area contributed by atoms with Gasteiger partial charge in [0, 0.05) is 0 Å². The number of hydrogen-bond donors (Lipinski definition) is 4. The van der Waals surface area contributed by atoms with Gasteiger partial charge in [0.1, 0.15) is 29.7 Å². The van der Waals surface area contributed by atoms with Crippen molar-refractivity contribution in [3.8, 4) is 0 Å². The summed E-state index contributed by atoms with van der Waals surface area (Å²) in [6.45, 7) is 1.02. The average Bonchev–Trinajstić information content (AvgIpc) is 2.92. The van der Waals surface area contributed by atoms with Gasteiger partial charge in [-0.15, -0.1) is 0 Å². The molecule has 4 atom stereocenters. The number of nitrogens with two attached hydrogens (primary N) is 1. The molecule has 3 rings (SSSR count). The third kappa shape index (κ3) is 1.68. The van der Waals surface area contributed by atoms with Crippen molar-refractivity contribution in [3.63, 3.8) is 0 Å². The minimum atomic E-state index is -1.60. The maximum Gasteiger partial charge on any atom is 0.168 e. The van der Waals surface area contributed by atoms with Gasteiger partial charge < -0.3 is 25.8 Å². The van der Waals surface area contributed by atoms with Crippen LogP contribution in [0, 0.1) is 0 Å². The lowest BCUT2D eigenvalue weighted by molar-refractivity contribution is -0.0950. The van der Waals surface area contributed by atoms with E-state index in [-0.39, 0.29) is 5.82 Å². The van der Waals surface area contributed by atoms with E-state index < -0.39 is 30.6 Å². The van der Waals surface area contributed by atoms with Crippen LogP contribution in [0.4, 0.5) is 5.82 Å². The zero-order valence-electron chi connectivity index (χ0n) is 10.7. The first kappa shape index (κ1) is 13.2. The molecule has 0 radical (unpaired) electrons. The number of nitrogen functional groups attached to an aromatic ring is 1. The van der Waals surface area contributed by atoms with E-state index in [4.69, 9.17) is 10.5 Å². The number of ether oxygens (including phenoxy) is 1. The number of nitrogens with zero attached hydrogens (tertiary/aromatic N) is 4. The maximum atomic E-state index is 10.4. The van der Waals surface area contributed by atoms with Crippen LogP contribution in [-0.2, 0) is 4.74 Å². The van der Waals surface area contributed by atoms with Crippen molar-refractivity contribution in [2.24, 2.45) is 0 Å². The molecule has 5 N–H and O–H groups in total. The van der Waals surface area contributed by atoms with Crippen LogP contribution in [0.2, 0.25) is 0 Å². The molecule has 20 heavy (non-hydrogen) atoms. The van der Waals surface area contributed by atoms with E-state index in [2.05, 4.69) is 15.0 Å². The van der Waals surface area contributed by atoms with Crippen molar-refractivity contribution in [3.05, 3.63) is 12.7 Å². The Hall–Kier alpha value is -1.81. The minimum absolute atomic E-state index is 0.214. The van der Waals surface area contributed by atoms with E-state index in [9.17, 15) is 15.3 Å². The van der Waals surface area contributed by atoms with Crippen molar-refractivity contribution in [2.45, 2.75) is 31.0 Å². The topological polar surface area (TPSA) is 140 Å². The van der Waals surface area contributed by atoms with Crippen LogP contribution in [0.3, 0.4) is 0 Å². The van der Waals surface area contributed by atoms with Gasteiger partial charge >= 0.3 is 0 Å². The normalized spacial score (nSPS) is 33.9. The van der Waals surface area contributed by atoms with Crippen LogP contribution < -0.4 is 5.73 Å². The Kier molecular flexibility index (Phi) is 2.87. The molecule has 2 aromatic rings. The zero-order valence-corrected chi connectivity index (χ0v) is 10.7. The van der Waals surface area contributed by atoms with E-state index in [0.29, 0.717) is 11.2 Å². The molecule has 9 nitrogen and oxygen atoms in total. The summed E-state index contributed by atoms with van der Waals surface area (Å²) in [4.78, 5) is 12.0. The highest BCUT2D eigenvalue weighted by Gasteiger charge is 2.53. The van der Waals surface area contributed by atoms with Crippen LogP contribution >= 0.6 is 0 Å².